The number of pyridine rings is 1. The molecule has 6 heteroatoms. The molecule has 6 nitrogen and oxygen atoms in total. The van der Waals surface area contributed by atoms with Crippen LogP contribution in [-0.2, 0) is 4.79 Å². The van der Waals surface area contributed by atoms with Crippen LogP contribution in [0.1, 0.15) is 37.7 Å². The highest BCUT2D eigenvalue weighted by Crippen LogP contribution is 2.13. The molecule has 0 spiro atoms. The molecule has 0 aliphatic carbocycles. The first-order chi connectivity index (χ1) is 10.5. The van der Waals surface area contributed by atoms with Crippen molar-refractivity contribution in [3.63, 3.8) is 0 Å². The molecule has 2 heterocycles. The van der Waals surface area contributed by atoms with Gasteiger partial charge in [0.1, 0.15) is 5.69 Å². The number of rotatable bonds is 3. The molecule has 0 aromatic carbocycles. The van der Waals surface area contributed by atoms with E-state index in [-0.39, 0.29) is 17.9 Å². The highest BCUT2D eigenvalue weighted by molar-refractivity contribution is 5.92. The summed E-state index contributed by atoms with van der Waals surface area (Å²) in [6.45, 7) is 7.84. The maximum atomic E-state index is 12.6. The summed E-state index contributed by atoms with van der Waals surface area (Å²) in [6.07, 6.45) is 0.799. The molecule has 120 valence electrons. The first-order valence-electron chi connectivity index (χ1n) is 7.66. The van der Waals surface area contributed by atoms with Crippen LogP contribution in [0.4, 0.5) is 0 Å². The molecule has 0 radical (unpaired) electrons. The number of aromatic nitrogens is 1. The van der Waals surface area contributed by atoms with Gasteiger partial charge in [-0.3, -0.25) is 9.59 Å². The lowest BCUT2D eigenvalue weighted by molar-refractivity contribution is -0.128. The standard InChI is InChI=1S/C16H23N3O3/c1-12(2)22-15-7-4-6-14(17-15)16(21)19-9-5-8-18(10-11-19)13(3)20/h4,6-7,12H,5,8-11H2,1-3H3. The molecular formula is C16H23N3O3. The Morgan fingerprint density at radius 3 is 2.50 bits per heavy atom. The molecule has 0 unspecified atom stereocenters. The molecule has 0 N–H and O–H groups in total. The van der Waals surface area contributed by atoms with Crippen molar-refractivity contribution in [2.24, 2.45) is 0 Å². The van der Waals surface area contributed by atoms with Gasteiger partial charge >= 0.3 is 0 Å². The highest BCUT2D eigenvalue weighted by atomic mass is 16.5. The molecule has 1 fully saturated rings. The van der Waals surface area contributed by atoms with E-state index < -0.39 is 0 Å². The Hall–Kier alpha value is -2.11. The Balaban J connectivity index is 2.06. The van der Waals surface area contributed by atoms with Crippen molar-refractivity contribution in [3.05, 3.63) is 23.9 Å². The van der Waals surface area contributed by atoms with Crippen LogP contribution in [0.3, 0.4) is 0 Å². The van der Waals surface area contributed by atoms with E-state index in [0.29, 0.717) is 37.8 Å². The van der Waals surface area contributed by atoms with Gasteiger partial charge in [0.15, 0.2) is 0 Å². The zero-order valence-electron chi connectivity index (χ0n) is 13.4. The minimum atomic E-state index is -0.111. The summed E-state index contributed by atoms with van der Waals surface area (Å²) in [4.78, 5) is 31.8. The second-order valence-corrected chi connectivity index (χ2v) is 5.68. The molecule has 2 rings (SSSR count). The Morgan fingerprint density at radius 1 is 1.14 bits per heavy atom. The number of nitrogens with zero attached hydrogens (tertiary/aromatic N) is 3. The molecule has 22 heavy (non-hydrogen) atoms. The van der Waals surface area contributed by atoms with Crippen molar-refractivity contribution in [3.8, 4) is 5.88 Å². The van der Waals surface area contributed by atoms with E-state index in [9.17, 15) is 9.59 Å². The Morgan fingerprint density at radius 2 is 1.82 bits per heavy atom. The van der Waals surface area contributed by atoms with E-state index in [1.165, 1.54) is 0 Å². The average molecular weight is 305 g/mol. The van der Waals surface area contributed by atoms with Crippen LogP contribution >= 0.6 is 0 Å². The minimum absolute atomic E-state index is 0.0140. The third kappa shape index (κ3) is 4.19. The molecule has 1 aliphatic heterocycles. The second kappa shape index (κ2) is 7.24. The quantitative estimate of drug-likeness (QED) is 0.850. The summed E-state index contributed by atoms with van der Waals surface area (Å²) in [6, 6.07) is 5.22. The number of amides is 2. The third-order valence-electron chi connectivity index (χ3n) is 3.53. The second-order valence-electron chi connectivity index (χ2n) is 5.68. The van der Waals surface area contributed by atoms with E-state index in [1.54, 1.807) is 34.9 Å². The Labute approximate surface area is 131 Å². The molecular weight excluding hydrogens is 282 g/mol. The maximum absolute atomic E-state index is 12.6. The van der Waals surface area contributed by atoms with Crippen molar-refractivity contribution in [1.82, 2.24) is 14.8 Å². The van der Waals surface area contributed by atoms with Crippen LogP contribution in [0, 0.1) is 0 Å². The van der Waals surface area contributed by atoms with Crippen molar-refractivity contribution in [2.75, 3.05) is 26.2 Å². The van der Waals surface area contributed by atoms with Crippen molar-refractivity contribution < 1.29 is 14.3 Å². The fourth-order valence-electron chi connectivity index (χ4n) is 2.44. The number of carbonyl (C=O) groups is 2. The van der Waals surface area contributed by atoms with Crippen LogP contribution in [-0.4, -0.2) is 58.9 Å². The molecule has 1 aromatic rings. The van der Waals surface area contributed by atoms with Gasteiger partial charge in [-0.15, -0.1) is 0 Å². The van der Waals surface area contributed by atoms with Crippen LogP contribution in [0.25, 0.3) is 0 Å². The molecule has 0 bridgehead atoms. The van der Waals surface area contributed by atoms with Gasteiger partial charge in [0.2, 0.25) is 11.8 Å². The van der Waals surface area contributed by atoms with Gasteiger partial charge < -0.3 is 14.5 Å². The van der Waals surface area contributed by atoms with Gasteiger partial charge in [-0.1, -0.05) is 6.07 Å². The number of ether oxygens (including phenoxy) is 1. The lowest BCUT2D eigenvalue weighted by Crippen LogP contribution is -2.36. The predicted octanol–water partition coefficient (Wildman–Crippen LogP) is 1.56. The monoisotopic (exact) mass is 305 g/mol. The van der Waals surface area contributed by atoms with E-state index in [4.69, 9.17) is 4.74 Å². The molecule has 0 atom stereocenters. The first-order valence-corrected chi connectivity index (χ1v) is 7.66. The summed E-state index contributed by atoms with van der Waals surface area (Å²) in [7, 11) is 0. The Bertz CT molecular complexity index is 545. The normalized spacial score (nSPS) is 15.6. The van der Waals surface area contributed by atoms with Crippen molar-refractivity contribution in [2.45, 2.75) is 33.3 Å². The van der Waals surface area contributed by atoms with E-state index >= 15 is 0 Å². The lowest BCUT2D eigenvalue weighted by atomic mass is 10.3. The van der Waals surface area contributed by atoms with Gasteiger partial charge in [0.05, 0.1) is 6.10 Å². The fraction of sp³-hybridized carbons (Fsp3) is 0.562. The van der Waals surface area contributed by atoms with E-state index in [1.807, 2.05) is 13.8 Å². The smallest absolute Gasteiger partial charge is 0.272 e. The number of hydrogen-bond acceptors (Lipinski definition) is 4. The van der Waals surface area contributed by atoms with E-state index in [2.05, 4.69) is 4.98 Å². The van der Waals surface area contributed by atoms with Crippen LogP contribution in [0.15, 0.2) is 18.2 Å². The summed E-state index contributed by atoms with van der Waals surface area (Å²) >= 11 is 0. The fourth-order valence-corrected chi connectivity index (χ4v) is 2.44. The molecule has 1 aromatic heterocycles. The topological polar surface area (TPSA) is 62.7 Å². The third-order valence-corrected chi connectivity index (χ3v) is 3.53. The van der Waals surface area contributed by atoms with Gasteiger partial charge in [0, 0.05) is 39.2 Å². The average Bonchev–Trinajstić information content (AvgIpc) is 2.72. The molecule has 2 amide bonds. The maximum Gasteiger partial charge on any atom is 0.272 e. The van der Waals surface area contributed by atoms with Crippen LogP contribution in [0.5, 0.6) is 5.88 Å². The summed E-state index contributed by atoms with van der Waals surface area (Å²) in [5.41, 5.74) is 0.384. The molecule has 1 saturated heterocycles. The zero-order chi connectivity index (χ0) is 16.1. The first kappa shape index (κ1) is 16.3. The minimum Gasteiger partial charge on any atom is -0.475 e. The number of carbonyl (C=O) groups excluding carboxylic acids is 2. The van der Waals surface area contributed by atoms with Gasteiger partial charge in [-0.05, 0) is 26.3 Å². The largest absolute Gasteiger partial charge is 0.475 e. The Kier molecular flexibility index (Phi) is 5.35. The van der Waals surface area contributed by atoms with Crippen LogP contribution in [0.2, 0.25) is 0 Å². The zero-order valence-corrected chi connectivity index (χ0v) is 13.4. The molecule has 0 saturated carbocycles. The van der Waals surface area contributed by atoms with Gasteiger partial charge in [-0.2, -0.15) is 0 Å². The van der Waals surface area contributed by atoms with Crippen LogP contribution < -0.4 is 4.74 Å². The van der Waals surface area contributed by atoms with E-state index in [0.717, 1.165) is 6.42 Å². The molecule has 1 aliphatic rings. The summed E-state index contributed by atoms with van der Waals surface area (Å²) in [5, 5.41) is 0. The summed E-state index contributed by atoms with van der Waals surface area (Å²) < 4.78 is 5.53. The van der Waals surface area contributed by atoms with Gasteiger partial charge in [-0.25, -0.2) is 4.98 Å². The highest BCUT2D eigenvalue weighted by Gasteiger charge is 2.22. The predicted molar refractivity (Wildman–Crippen MR) is 82.8 cm³/mol. The van der Waals surface area contributed by atoms with Gasteiger partial charge in [0.25, 0.3) is 5.91 Å². The summed E-state index contributed by atoms with van der Waals surface area (Å²) in [5.74, 6) is 0.403. The SMILES string of the molecule is CC(=O)N1CCCN(C(=O)c2cccc(OC(C)C)n2)CC1. The number of hydrogen-bond donors (Lipinski definition) is 0. The lowest BCUT2D eigenvalue weighted by Gasteiger charge is -2.21. The van der Waals surface area contributed by atoms with Crippen molar-refractivity contribution >= 4 is 11.8 Å². The van der Waals surface area contributed by atoms with Crippen molar-refractivity contribution in [1.29, 1.82) is 0 Å².